The average molecular weight is 236 g/mol. The fraction of sp³-hybridized carbons (Fsp3) is 0.333. The Hall–Kier alpha value is -1.42. The van der Waals surface area contributed by atoms with Gasteiger partial charge in [0, 0.05) is 6.92 Å². The molecule has 84 valence electrons. The second-order valence-electron chi connectivity index (χ2n) is 3.56. The first-order valence-corrected chi connectivity index (χ1v) is 5.98. The van der Waals surface area contributed by atoms with Gasteiger partial charge >= 0.3 is 0 Å². The molecular formula is C12H14NO2S+. The van der Waals surface area contributed by atoms with E-state index in [0.717, 1.165) is 24.1 Å². The maximum atomic E-state index is 10.4. The first-order chi connectivity index (χ1) is 7.76. The van der Waals surface area contributed by atoms with Gasteiger partial charge in [-0.15, -0.1) is 0 Å². The molecule has 3 nitrogen and oxygen atoms in total. The molecule has 2 aromatic rings. The number of rotatable bonds is 4. The molecule has 0 bridgehead atoms. The van der Waals surface area contributed by atoms with Gasteiger partial charge in [-0.1, -0.05) is 11.3 Å². The van der Waals surface area contributed by atoms with Gasteiger partial charge in [-0.3, -0.25) is 0 Å². The van der Waals surface area contributed by atoms with Gasteiger partial charge in [-0.05, 0) is 12.1 Å². The molecule has 0 saturated heterocycles. The molecule has 0 saturated carbocycles. The zero-order valence-corrected chi connectivity index (χ0v) is 10.2. The molecule has 0 radical (unpaired) electrons. The van der Waals surface area contributed by atoms with Gasteiger partial charge in [0.15, 0.2) is 6.54 Å². The van der Waals surface area contributed by atoms with E-state index in [1.807, 2.05) is 12.1 Å². The lowest BCUT2D eigenvalue weighted by Crippen LogP contribution is -2.35. The highest BCUT2D eigenvalue weighted by Crippen LogP contribution is 2.24. The summed E-state index contributed by atoms with van der Waals surface area (Å²) in [5.41, 5.74) is 1.14. The summed E-state index contributed by atoms with van der Waals surface area (Å²) in [4.78, 5) is 10.4. The summed E-state index contributed by atoms with van der Waals surface area (Å²) in [6.07, 6.45) is 1.50. The number of hydrogen-bond donors (Lipinski definition) is 0. The molecule has 0 amide bonds. The van der Waals surface area contributed by atoms with E-state index in [9.17, 15) is 4.79 Å². The number of hydrogen-bond acceptors (Lipinski definition) is 3. The summed E-state index contributed by atoms with van der Waals surface area (Å²) >= 11 is 1.74. The summed E-state index contributed by atoms with van der Waals surface area (Å²) in [5, 5.41) is 1.21. The van der Waals surface area contributed by atoms with Crippen LogP contribution >= 0.6 is 11.3 Å². The lowest BCUT2D eigenvalue weighted by atomic mass is 10.3. The predicted octanol–water partition coefficient (Wildman–Crippen LogP) is 2.09. The highest BCUT2D eigenvalue weighted by molar-refractivity contribution is 7.18. The maximum Gasteiger partial charge on any atom is 0.235 e. The lowest BCUT2D eigenvalue weighted by Gasteiger charge is -1.97. The first kappa shape index (κ1) is 11.1. The molecule has 0 aliphatic carbocycles. The van der Waals surface area contributed by atoms with Crippen molar-refractivity contribution >= 4 is 27.8 Å². The van der Waals surface area contributed by atoms with Crippen molar-refractivity contribution < 1.29 is 14.1 Å². The SMILES string of the molecule is COc1ccc2sc(C)[n+](CCC=O)c2c1. The van der Waals surface area contributed by atoms with Crippen LogP contribution in [0.25, 0.3) is 10.2 Å². The number of carbonyl (C=O) groups excluding carboxylic acids is 1. The second-order valence-corrected chi connectivity index (χ2v) is 4.80. The number of carbonyl (C=O) groups is 1. The maximum absolute atomic E-state index is 10.4. The van der Waals surface area contributed by atoms with Crippen LogP contribution in [0.3, 0.4) is 0 Å². The third-order valence-electron chi connectivity index (χ3n) is 2.57. The molecule has 4 heteroatoms. The molecule has 0 aliphatic heterocycles. The smallest absolute Gasteiger partial charge is 0.235 e. The average Bonchev–Trinajstić information content (AvgIpc) is 2.61. The lowest BCUT2D eigenvalue weighted by molar-refractivity contribution is -0.671. The Labute approximate surface area is 98.3 Å². The van der Waals surface area contributed by atoms with Crippen molar-refractivity contribution in [2.24, 2.45) is 0 Å². The van der Waals surface area contributed by atoms with Crippen LogP contribution in [0.15, 0.2) is 18.2 Å². The van der Waals surface area contributed by atoms with Crippen LogP contribution in [0.2, 0.25) is 0 Å². The van der Waals surface area contributed by atoms with Crippen LogP contribution in [-0.2, 0) is 11.3 Å². The number of aryl methyl sites for hydroxylation is 2. The van der Waals surface area contributed by atoms with E-state index >= 15 is 0 Å². The molecule has 1 aromatic heterocycles. The number of aromatic nitrogens is 1. The Bertz CT molecular complexity index is 519. The Morgan fingerprint density at radius 2 is 2.31 bits per heavy atom. The number of ether oxygens (including phenoxy) is 1. The molecular weight excluding hydrogens is 222 g/mol. The van der Waals surface area contributed by atoms with E-state index in [4.69, 9.17) is 4.74 Å². The van der Waals surface area contributed by atoms with Gasteiger partial charge in [0.2, 0.25) is 10.5 Å². The summed E-state index contributed by atoms with van der Waals surface area (Å²) in [5.74, 6) is 0.852. The monoisotopic (exact) mass is 236 g/mol. The molecule has 0 N–H and O–H groups in total. The molecule has 0 fully saturated rings. The normalized spacial score (nSPS) is 10.6. The van der Waals surface area contributed by atoms with Crippen molar-refractivity contribution in [2.45, 2.75) is 19.9 Å². The van der Waals surface area contributed by atoms with Crippen molar-refractivity contribution in [1.29, 1.82) is 0 Å². The number of benzene rings is 1. The van der Waals surface area contributed by atoms with E-state index in [1.54, 1.807) is 18.4 Å². The van der Waals surface area contributed by atoms with E-state index in [-0.39, 0.29) is 0 Å². The van der Waals surface area contributed by atoms with Crippen molar-refractivity contribution in [3.05, 3.63) is 23.2 Å². The fourth-order valence-electron chi connectivity index (χ4n) is 1.76. The third kappa shape index (κ3) is 1.93. The van der Waals surface area contributed by atoms with E-state index in [2.05, 4.69) is 17.6 Å². The van der Waals surface area contributed by atoms with Crippen LogP contribution in [0, 0.1) is 6.92 Å². The van der Waals surface area contributed by atoms with Crippen LogP contribution in [-0.4, -0.2) is 13.4 Å². The van der Waals surface area contributed by atoms with Crippen molar-refractivity contribution in [2.75, 3.05) is 7.11 Å². The minimum absolute atomic E-state index is 0.550. The van der Waals surface area contributed by atoms with Crippen molar-refractivity contribution in [3.63, 3.8) is 0 Å². The third-order valence-corrected chi connectivity index (χ3v) is 3.65. The molecule has 2 rings (SSSR count). The number of nitrogens with zero attached hydrogens (tertiary/aromatic N) is 1. The molecule has 0 unspecified atom stereocenters. The summed E-state index contributed by atoms with van der Waals surface area (Å²) in [7, 11) is 1.66. The number of aldehydes is 1. The standard InChI is InChI=1S/C12H14NO2S/c1-9-13(6-3-7-14)11-8-10(15-2)4-5-12(11)16-9/h4-5,7-8H,3,6H2,1-2H3/q+1. The van der Waals surface area contributed by atoms with Gasteiger partial charge in [-0.2, -0.15) is 4.57 Å². The van der Waals surface area contributed by atoms with E-state index < -0.39 is 0 Å². The van der Waals surface area contributed by atoms with E-state index in [0.29, 0.717) is 6.42 Å². The summed E-state index contributed by atoms with van der Waals surface area (Å²) < 4.78 is 8.60. The fourth-order valence-corrected chi connectivity index (χ4v) is 2.79. The zero-order valence-electron chi connectivity index (χ0n) is 9.40. The first-order valence-electron chi connectivity index (χ1n) is 5.17. The highest BCUT2D eigenvalue weighted by Gasteiger charge is 2.17. The van der Waals surface area contributed by atoms with Gasteiger partial charge in [0.1, 0.15) is 16.7 Å². The van der Waals surface area contributed by atoms with Crippen LogP contribution in [0.1, 0.15) is 11.4 Å². The Kier molecular flexibility index (Phi) is 3.19. The highest BCUT2D eigenvalue weighted by atomic mass is 32.1. The predicted molar refractivity (Wildman–Crippen MR) is 64.0 cm³/mol. The molecule has 0 aliphatic rings. The number of thiazole rings is 1. The molecule has 1 heterocycles. The number of methoxy groups -OCH3 is 1. The second kappa shape index (κ2) is 4.61. The van der Waals surface area contributed by atoms with Gasteiger partial charge < -0.3 is 9.53 Å². The Balaban J connectivity index is 2.52. The Morgan fingerprint density at radius 3 is 3.00 bits per heavy atom. The van der Waals surface area contributed by atoms with Gasteiger partial charge in [0.25, 0.3) is 0 Å². The van der Waals surface area contributed by atoms with E-state index in [1.165, 1.54) is 9.71 Å². The molecule has 1 aromatic carbocycles. The topological polar surface area (TPSA) is 30.2 Å². The molecule has 0 spiro atoms. The van der Waals surface area contributed by atoms with Crippen LogP contribution in [0.4, 0.5) is 0 Å². The van der Waals surface area contributed by atoms with Crippen molar-refractivity contribution in [1.82, 2.24) is 0 Å². The van der Waals surface area contributed by atoms with Gasteiger partial charge in [0.05, 0.1) is 19.6 Å². The largest absolute Gasteiger partial charge is 0.497 e. The molecule has 0 atom stereocenters. The van der Waals surface area contributed by atoms with Crippen LogP contribution < -0.4 is 9.30 Å². The zero-order chi connectivity index (χ0) is 11.5. The quantitative estimate of drug-likeness (QED) is 0.601. The minimum atomic E-state index is 0.550. The van der Waals surface area contributed by atoms with Crippen molar-refractivity contribution in [3.8, 4) is 5.75 Å². The summed E-state index contributed by atoms with van der Waals surface area (Å²) in [6, 6.07) is 6.04. The minimum Gasteiger partial charge on any atom is -0.497 e. The Morgan fingerprint density at radius 1 is 1.50 bits per heavy atom. The van der Waals surface area contributed by atoms with Crippen LogP contribution in [0.5, 0.6) is 5.75 Å². The summed E-state index contributed by atoms with van der Waals surface area (Å²) in [6.45, 7) is 2.81. The number of fused-ring (bicyclic) bond motifs is 1. The molecule has 16 heavy (non-hydrogen) atoms. The van der Waals surface area contributed by atoms with Gasteiger partial charge in [-0.25, -0.2) is 0 Å².